The summed E-state index contributed by atoms with van der Waals surface area (Å²) in [6, 6.07) is -0.795. The third-order valence-corrected chi connectivity index (χ3v) is 11.5. The van der Waals surface area contributed by atoms with Crippen LogP contribution in [0.25, 0.3) is 0 Å². The van der Waals surface area contributed by atoms with Gasteiger partial charge in [-0.2, -0.15) is 0 Å². The normalized spacial score (nSPS) is 13.6. The summed E-state index contributed by atoms with van der Waals surface area (Å²) in [5.41, 5.74) is 0. The Balaban J connectivity index is 3.57. The van der Waals surface area contributed by atoms with Gasteiger partial charge in [0.2, 0.25) is 5.91 Å². The van der Waals surface area contributed by atoms with Crippen molar-refractivity contribution in [3.05, 3.63) is 24.3 Å². The van der Waals surface area contributed by atoms with Crippen molar-refractivity contribution in [2.24, 2.45) is 0 Å². The van der Waals surface area contributed by atoms with E-state index in [0.29, 0.717) is 6.42 Å². The van der Waals surface area contributed by atoms with Crippen LogP contribution in [0.15, 0.2) is 24.3 Å². The van der Waals surface area contributed by atoms with E-state index in [1.165, 1.54) is 212 Å². The number of aliphatic hydroxyl groups is 3. The fourth-order valence-electron chi connectivity index (χ4n) is 7.65. The lowest BCUT2D eigenvalue weighted by Crippen LogP contribution is -2.48. The molecule has 1 amide bonds. The Kier molecular flexibility index (Phi) is 44.6. The molecule has 0 aliphatic heterocycles. The minimum Gasteiger partial charge on any atom is -0.394 e. The van der Waals surface area contributed by atoms with E-state index in [0.717, 1.165) is 32.1 Å². The summed E-state index contributed by atoms with van der Waals surface area (Å²) >= 11 is 0. The van der Waals surface area contributed by atoms with Crippen LogP contribution in [0.4, 0.5) is 0 Å². The SMILES string of the molecule is CCCCCCCCCCCCCC/C=C\CCCCCCCCCCCCCC(O)C(=O)NC(CO)C(O)/C=C/CCCCCCCCCCCCCC. The highest BCUT2D eigenvalue weighted by atomic mass is 16.3. The van der Waals surface area contributed by atoms with Crippen molar-refractivity contribution >= 4 is 5.91 Å². The third kappa shape index (κ3) is 40.8. The topological polar surface area (TPSA) is 89.8 Å². The molecule has 5 heteroatoms. The predicted molar refractivity (Wildman–Crippen MR) is 241 cm³/mol. The Morgan fingerprint density at radius 3 is 1.05 bits per heavy atom. The molecule has 0 spiro atoms. The molecule has 0 saturated carbocycles. The monoisotopic (exact) mass is 776 g/mol. The van der Waals surface area contributed by atoms with Gasteiger partial charge in [-0.25, -0.2) is 0 Å². The van der Waals surface area contributed by atoms with Gasteiger partial charge in [-0.05, 0) is 44.9 Å². The predicted octanol–water partition coefficient (Wildman–Crippen LogP) is 14.6. The maximum atomic E-state index is 12.5. The summed E-state index contributed by atoms with van der Waals surface area (Å²) in [4.78, 5) is 12.5. The first kappa shape index (κ1) is 53.8. The van der Waals surface area contributed by atoms with Crippen LogP contribution in [0, 0.1) is 0 Å². The number of aliphatic hydroxyl groups excluding tert-OH is 3. The van der Waals surface area contributed by atoms with E-state index < -0.39 is 24.2 Å². The highest BCUT2D eigenvalue weighted by Crippen LogP contribution is 2.16. The molecule has 0 saturated heterocycles. The Bertz CT molecular complexity index is 814. The molecule has 5 nitrogen and oxygen atoms in total. The third-order valence-electron chi connectivity index (χ3n) is 11.5. The average Bonchev–Trinajstić information content (AvgIpc) is 3.19. The molecule has 0 radical (unpaired) electrons. The number of allylic oxidation sites excluding steroid dienone is 3. The van der Waals surface area contributed by atoms with Crippen molar-refractivity contribution in [3.63, 3.8) is 0 Å². The molecule has 0 aromatic rings. The van der Waals surface area contributed by atoms with E-state index in [1.54, 1.807) is 6.08 Å². The van der Waals surface area contributed by atoms with E-state index in [-0.39, 0.29) is 6.61 Å². The van der Waals surface area contributed by atoms with E-state index in [9.17, 15) is 20.1 Å². The van der Waals surface area contributed by atoms with Crippen LogP contribution >= 0.6 is 0 Å². The molecular weight excluding hydrogens is 679 g/mol. The summed E-state index contributed by atoms with van der Waals surface area (Å²) in [5.74, 6) is -0.502. The summed E-state index contributed by atoms with van der Waals surface area (Å²) in [5, 5.41) is 33.2. The van der Waals surface area contributed by atoms with Crippen molar-refractivity contribution in [1.29, 1.82) is 0 Å². The molecular formula is C50H97NO4. The van der Waals surface area contributed by atoms with Crippen LogP contribution in [-0.2, 0) is 4.79 Å². The molecule has 326 valence electrons. The van der Waals surface area contributed by atoms with Crippen LogP contribution in [0.1, 0.15) is 264 Å². The van der Waals surface area contributed by atoms with Gasteiger partial charge < -0.3 is 20.6 Å². The van der Waals surface area contributed by atoms with Crippen LogP contribution in [-0.4, -0.2) is 46.1 Å². The lowest BCUT2D eigenvalue weighted by molar-refractivity contribution is -0.131. The van der Waals surface area contributed by atoms with Crippen molar-refractivity contribution in [2.75, 3.05) is 6.61 Å². The van der Waals surface area contributed by atoms with Gasteiger partial charge in [-0.15, -0.1) is 0 Å². The van der Waals surface area contributed by atoms with E-state index in [1.807, 2.05) is 6.08 Å². The zero-order chi connectivity index (χ0) is 40.1. The second kappa shape index (κ2) is 45.5. The fraction of sp³-hybridized carbons (Fsp3) is 0.900. The van der Waals surface area contributed by atoms with Gasteiger partial charge in [0.1, 0.15) is 6.10 Å². The number of amides is 1. The van der Waals surface area contributed by atoms with Crippen LogP contribution in [0.3, 0.4) is 0 Å². The van der Waals surface area contributed by atoms with Gasteiger partial charge in [-0.3, -0.25) is 4.79 Å². The number of hydrogen-bond donors (Lipinski definition) is 4. The minimum absolute atomic E-state index is 0.362. The van der Waals surface area contributed by atoms with Gasteiger partial charge in [0.25, 0.3) is 0 Å². The van der Waals surface area contributed by atoms with E-state index in [4.69, 9.17) is 0 Å². The average molecular weight is 776 g/mol. The van der Waals surface area contributed by atoms with Gasteiger partial charge in [-0.1, -0.05) is 244 Å². The molecule has 4 N–H and O–H groups in total. The molecule has 0 heterocycles. The summed E-state index contributed by atoms with van der Waals surface area (Å²) in [6.07, 6.45) is 56.6. The van der Waals surface area contributed by atoms with Gasteiger partial charge in [0.15, 0.2) is 0 Å². The maximum absolute atomic E-state index is 12.5. The molecule has 0 aliphatic carbocycles. The summed E-state index contributed by atoms with van der Waals surface area (Å²) in [6.45, 7) is 4.20. The molecule has 3 unspecified atom stereocenters. The molecule has 55 heavy (non-hydrogen) atoms. The van der Waals surface area contributed by atoms with Crippen LogP contribution < -0.4 is 5.32 Å². The van der Waals surface area contributed by atoms with Crippen molar-refractivity contribution < 1.29 is 20.1 Å². The highest BCUT2D eigenvalue weighted by molar-refractivity contribution is 5.80. The highest BCUT2D eigenvalue weighted by Gasteiger charge is 2.22. The molecule has 0 rings (SSSR count). The molecule has 0 bridgehead atoms. The molecule has 0 aromatic carbocycles. The number of carbonyl (C=O) groups is 1. The van der Waals surface area contributed by atoms with Crippen molar-refractivity contribution in [2.45, 2.75) is 283 Å². The zero-order valence-electron chi connectivity index (χ0n) is 37.1. The fourth-order valence-corrected chi connectivity index (χ4v) is 7.65. The van der Waals surface area contributed by atoms with Crippen LogP contribution in [0.5, 0.6) is 0 Å². The summed E-state index contributed by atoms with van der Waals surface area (Å²) in [7, 11) is 0. The number of rotatable bonds is 45. The Morgan fingerprint density at radius 1 is 0.436 bits per heavy atom. The lowest BCUT2D eigenvalue weighted by atomic mass is 10.0. The van der Waals surface area contributed by atoms with Crippen LogP contribution in [0.2, 0.25) is 0 Å². The number of carbonyl (C=O) groups excluding carboxylic acids is 1. The molecule has 3 atom stereocenters. The number of nitrogens with one attached hydrogen (secondary N) is 1. The maximum Gasteiger partial charge on any atom is 0.249 e. The molecule has 0 aliphatic rings. The van der Waals surface area contributed by atoms with Crippen molar-refractivity contribution in [1.82, 2.24) is 5.32 Å². The Labute approximate surface area is 343 Å². The lowest BCUT2D eigenvalue weighted by Gasteiger charge is -2.21. The number of hydrogen-bond acceptors (Lipinski definition) is 4. The van der Waals surface area contributed by atoms with Crippen molar-refractivity contribution in [3.8, 4) is 0 Å². The van der Waals surface area contributed by atoms with Gasteiger partial charge in [0, 0.05) is 0 Å². The first-order valence-corrected chi connectivity index (χ1v) is 24.7. The van der Waals surface area contributed by atoms with Gasteiger partial charge in [0.05, 0.1) is 18.8 Å². The second-order valence-corrected chi connectivity index (χ2v) is 17.0. The largest absolute Gasteiger partial charge is 0.394 e. The smallest absolute Gasteiger partial charge is 0.249 e. The zero-order valence-corrected chi connectivity index (χ0v) is 37.1. The molecule has 0 fully saturated rings. The first-order valence-electron chi connectivity index (χ1n) is 24.7. The van der Waals surface area contributed by atoms with E-state index in [2.05, 4.69) is 31.3 Å². The first-order chi connectivity index (χ1) is 27.1. The quantitative estimate of drug-likeness (QED) is 0.0366. The Morgan fingerprint density at radius 2 is 0.727 bits per heavy atom. The second-order valence-electron chi connectivity index (χ2n) is 17.0. The standard InChI is InChI=1S/C50H97NO4/c1-3-5-7-9-11-13-15-17-19-20-21-22-23-24-25-26-27-28-29-30-31-33-35-37-39-41-43-45-49(54)50(55)51-47(46-52)48(53)44-42-40-38-36-34-32-18-16-14-12-10-8-6-4-2/h24-25,42,44,47-49,52-54H,3-23,26-41,43,45-46H2,1-2H3,(H,51,55)/b25-24-,44-42+. The Hall–Kier alpha value is -1.17. The summed E-state index contributed by atoms with van der Waals surface area (Å²) < 4.78 is 0. The number of unbranched alkanes of at least 4 members (excludes halogenated alkanes) is 35. The van der Waals surface area contributed by atoms with E-state index >= 15 is 0 Å². The van der Waals surface area contributed by atoms with Gasteiger partial charge >= 0.3 is 0 Å². The molecule has 0 aromatic heterocycles. The minimum atomic E-state index is -1.10.